The van der Waals surface area contributed by atoms with E-state index in [2.05, 4.69) is 11.4 Å². The summed E-state index contributed by atoms with van der Waals surface area (Å²) in [5.74, 6) is 0.0658. The second-order valence-electron chi connectivity index (χ2n) is 5.72. The molecule has 0 bridgehead atoms. The standard InChI is InChI=1S/C16H23NO3/c1-4-17-16(15(18)19)6-5-13(10-16)20-14-8-11(2)7-12(3)9-14/h7-9,13,17H,4-6,10H2,1-3H3,(H,18,19). The first-order valence-corrected chi connectivity index (χ1v) is 7.18. The zero-order valence-electron chi connectivity index (χ0n) is 12.4. The minimum Gasteiger partial charge on any atom is -0.490 e. The summed E-state index contributed by atoms with van der Waals surface area (Å²) in [6.45, 7) is 6.66. The zero-order chi connectivity index (χ0) is 14.8. The topological polar surface area (TPSA) is 58.6 Å². The van der Waals surface area contributed by atoms with Gasteiger partial charge in [0.15, 0.2) is 0 Å². The first-order chi connectivity index (χ1) is 9.45. The van der Waals surface area contributed by atoms with Crippen molar-refractivity contribution in [2.24, 2.45) is 0 Å². The van der Waals surface area contributed by atoms with Gasteiger partial charge in [-0.15, -0.1) is 0 Å². The Morgan fingerprint density at radius 1 is 1.40 bits per heavy atom. The Hall–Kier alpha value is -1.55. The van der Waals surface area contributed by atoms with E-state index in [4.69, 9.17) is 4.74 Å². The van der Waals surface area contributed by atoms with E-state index in [1.165, 1.54) is 0 Å². The van der Waals surface area contributed by atoms with Crippen molar-refractivity contribution in [1.29, 1.82) is 0 Å². The van der Waals surface area contributed by atoms with Crippen molar-refractivity contribution in [3.05, 3.63) is 29.3 Å². The molecule has 0 radical (unpaired) electrons. The molecule has 2 N–H and O–H groups in total. The molecule has 2 rings (SSSR count). The molecule has 0 amide bonds. The van der Waals surface area contributed by atoms with Crippen LogP contribution in [0.2, 0.25) is 0 Å². The highest BCUT2D eigenvalue weighted by atomic mass is 16.5. The average molecular weight is 277 g/mol. The van der Waals surface area contributed by atoms with E-state index >= 15 is 0 Å². The molecule has 0 aliphatic heterocycles. The number of carboxylic acid groups (broad SMARTS) is 1. The molecule has 0 saturated heterocycles. The van der Waals surface area contributed by atoms with Crippen LogP contribution in [-0.2, 0) is 4.79 Å². The number of carboxylic acids is 1. The van der Waals surface area contributed by atoms with Crippen LogP contribution >= 0.6 is 0 Å². The monoisotopic (exact) mass is 277 g/mol. The SMILES string of the molecule is CCNC1(C(=O)O)CCC(Oc2cc(C)cc(C)c2)C1. The van der Waals surface area contributed by atoms with Gasteiger partial charge >= 0.3 is 5.97 Å². The van der Waals surface area contributed by atoms with E-state index < -0.39 is 11.5 Å². The van der Waals surface area contributed by atoms with E-state index in [9.17, 15) is 9.90 Å². The predicted octanol–water partition coefficient (Wildman–Crippen LogP) is 2.67. The number of nitrogens with one attached hydrogen (secondary N) is 1. The summed E-state index contributed by atoms with van der Waals surface area (Å²) in [4.78, 5) is 11.5. The summed E-state index contributed by atoms with van der Waals surface area (Å²) in [5, 5.41) is 12.6. The maximum atomic E-state index is 11.5. The van der Waals surface area contributed by atoms with Gasteiger partial charge in [-0.05, 0) is 56.5 Å². The van der Waals surface area contributed by atoms with Crippen molar-refractivity contribution in [1.82, 2.24) is 5.32 Å². The van der Waals surface area contributed by atoms with Crippen molar-refractivity contribution < 1.29 is 14.6 Å². The van der Waals surface area contributed by atoms with Gasteiger partial charge in [-0.3, -0.25) is 4.79 Å². The molecule has 1 saturated carbocycles. The summed E-state index contributed by atoms with van der Waals surface area (Å²) < 4.78 is 5.99. The number of hydrogen-bond donors (Lipinski definition) is 2. The van der Waals surface area contributed by atoms with Gasteiger partial charge in [0.25, 0.3) is 0 Å². The van der Waals surface area contributed by atoms with E-state index in [0.717, 1.165) is 23.3 Å². The lowest BCUT2D eigenvalue weighted by molar-refractivity contribution is -0.144. The Labute approximate surface area is 120 Å². The number of ether oxygens (including phenoxy) is 1. The summed E-state index contributed by atoms with van der Waals surface area (Å²) in [5.41, 5.74) is 1.50. The van der Waals surface area contributed by atoms with Gasteiger partial charge < -0.3 is 15.2 Å². The molecule has 1 aromatic carbocycles. The van der Waals surface area contributed by atoms with Crippen LogP contribution in [0.5, 0.6) is 5.75 Å². The van der Waals surface area contributed by atoms with Crippen molar-refractivity contribution >= 4 is 5.97 Å². The molecule has 1 aromatic rings. The van der Waals surface area contributed by atoms with Gasteiger partial charge in [0.1, 0.15) is 17.4 Å². The summed E-state index contributed by atoms with van der Waals surface area (Å²) >= 11 is 0. The van der Waals surface area contributed by atoms with E-state index in [1.54, 1.807) is 0 Å². The van der Waals surface area contributed by atoms with Crippen LogP contribution in [0.15, 0.2) is 18.2 Å². The smallest absolute Gasteiger partial charge is 0.324 e. The Kier molecular flexibility index (Phi) is 4.33. The lowest BCUT2D eigenvalue weighted by Crippen LogP contribution is -2.50. The molecule has 4 nitrogen and oxygen atoms in total. The third-order valence-electron chi connectivity index (χ3n) is 3.89. The fourth-order valence-corrected chi connectivity index (χ4v) is 3.06. The number of aryl methyl sites for hydroxylation is 2. The normalized spacial score (nSPS) is 25.6. The minimum absolute atomic E-state index is 0.0358. The molecular weight excluding hydrogens is 254 g/mol. The highest BCUT2D eigenvalue weighted by Gasteiger charge is 2.45. The first-order valence-electron chi connectivity index (χ1n) is 7.18. The second-order valence-corrected chi connectivity index (χ2v) is 5.72. The van der Waals surface area contributed by atoms with Crippen molar-refractivity contribution in [3.63, 3.8) is 0 Å². The van der Waals surface area contributed by atoms with Crippen LogP contribution in [-0.4, -0.2) is 29.3 Å². The number of aliphatic carboxylic acids is 1. The molecule has 0 heterocycles. The minimum atomic E-state index is -0.821. The second kappa shape index (κ2) is 5.83. The van der Waals surface area contributed by atoms with Crippen LogP contribution in [0.1, 0.15) is 37.3 Å². The third-order valence-corrected chi connectivity index (χ3v) is 3.89. The zero-order valence-corrected chi connectivity index (χ0v) is 12.4. The van der Waals surface area contributed by atoms with Crippen LogP contribution < -0.4 is 10.1 Å². The van der Waals surface area contributed by atoms with E-state index in [1.807, 2.05) is 32.9 Å². The molecule has 0 aromatic heterocycles. The molecule has 4 heteroatoms. The van der Waals surface area contributed by atoms with Gasteiger partial charge in [0.2, 0.25) is 0 Å². The highest BCUT2D eigenvalue weighted by molar-refractivity contribution is 5.79. The fourth-order valence-electron chi connectivity index (χ4n) is 3.06. The predicted molar refractivity (Wildman–Crippen MR) is 78.2 cm³/mol. The Morgan fingerprint density at radius 3 is 2.60 bits per heavy atom. The molecular formula is C16H23NO3. The third kappa shape index (κ3) is 3.12. The highest BCUT2D eigenvalue weighted by Crippen LogP contribution is 2.33. The quantitative estimate of drug-likeness (QED) is 0.868. The van der Waals surface area contributed by atoms with Crippen molar-refractivity contribution in [2.45, 2.75) is 51.7 Å². The van der Waals surface area contributed by atoms with Gasteiger partial charge in [-0.2, -0.15) is 0 Å². The molecule has 2 atom stereocenters. The largest absolute Gasteiger partial charge is 0.490 e. The van der Waals surface area contributed by atoms with Crippen LogP contribution in [0.4, 0.5) is 0 Å². The van der Waals surface area contributed by atoms with Gasteiger partial charge in [0, 0.05) is 6.42 Å². The molecule has 1 aliphatic rings. The van der Waals surface area contributed by atoms with Crippen molar-refractivity contribution in [2.75, 3.05) is 6.54 Å². The van der Waals surface area contributed by atoms with Gasteiger partial charge in [-0.25, -0.2) is 0 Å². The van der Waals surface area contributed by atoms with Crippen LogP contribution in [0.25, 0.3) is 0 Å². The molecule has 0 spiro atoms. The fraction of sp³-hybridized carbons (Fsp3) is 0.562. The maximum absolute atomic E-state index is 11.5. The Morgan fingerprint density at radius 2 is 2.05 bits per heavy atom. The number of carbonyl (C=O) groups is 1. The summed E-state index contributed by atoms with van der Waals surface area (Å²) in [6.07, 6.45) is 1.87. The summed E-state index contributed by atoms with van der Waals surface area (Å²) in [6, 6.07) is 6.10. The molecule has 2 unspecified atom stereocenters. The molecule has 110 valence electrons. The number of hydrogen-bond acceptors (Lipinski definition) is 3. The number of rotatable bonds is 5. The average Bonchev–Trinajstić information content (AvgIpc) is 2.72. The molecule has 1 aliphatic carbocycles. The van der Waals surface area contributed by atoms with Gasteiger partial charge in [-0.1, -0.05) is 13.0 Å². The lowest BCUT2D eigenvalue weighted by Gasteiger charge is -2.25. The molecule has 1 fully saturated rings. The lowest BCUT2D eigenvalue weighted by atomic mass is 9.98. The van der Waals surface area contributed by atoms with E-state index in [-0.39, 0.29) is 6.10 Å². The van der Waals surface area contributed by atoms with Crippen LogP contribution in [0.3, 0.4) is 0 Å². The van der Waals surface area contributed by atoms with Crippen molar-refractivity contribution in [3.8, 4) is 5.75 Å². The summed E-state index contributed by atoms with van der Waals surface area (Å²) in [7, 11) is 0. The maximum Gasteiger partial charge on any atom is 0.324 e. The first kappa shape index (κ1) is 14.9. The number of benzene rings is 1. The Balaban J connectivity index is 2.07. The number of likely N-dealkylation sites (N-methyl/N-ethyl adjacent to an activating group) is 1. The van der Waals surface area contributed by atoms with Crippen LogP contribution in [0, 0.1) is 13.8 Å². The molecule has 20 heavy (non-hydrogen) atoms. The van der Waals surface area contributed by atoms with E-state index in [0.29, 0.717) is 19.4 Å². The van der Waals surface area contributed by atoms with Gasteiger partial charge in [0.05, 0.1) is 0 Å². The Bertz CT molecular complexity index is 480.